The molecule has 0 aromatic heterocycles. The molecular weight excluding hydrogens is 460 g/mol. The molecule has 0 aliphatic heterocycles. The van der Waals surface area contributed by atoms with Gasteiger partial charge < -0.3 is 9.71 Å². The van der Waals surface area contributed by atoms with Crippen molar-refractivity contribution in [2.24, 2.45) is 5.92 Å². The van der Waals surface area contributed by atoms with Gasteiger partial charge in [0.1, 0.15) is 10.6 Å². The van der Waals surface area contributed by atoms with Crippen LogP contribution in [0.5, 0.6) is 5.75 Å². The summed E-state index contributed by atoms with van der Waals surface area (Å²) in [5, 5.41) is 0. The average molecular weight is 487 g/mol. The molecule has 0 spiro atoms. The molecule has 0 amide bonds. The van der Waals surface area contributed by atoms with E-state index in [9.17, 15) is 13.2 Å². The quantitative estimate of drug-likeness (QED) is 0.243. The maximum absolute atomic E-state index is 13.1. The molecule has 1 atom stereocenters. The van der Waals surface area contributed by atoms with Gasteiger partial charge in [0.05, 0.1) is 0 Å². The second-order valence-electron chi connectivity index (χ2n) is 9.22. The van der Waals surface area contributed by atoms with E-state index < -0.39 is 15.9 Å². The molecule has 0 saturated heterocycles. The summed E-state index contributed by atoms with van der Waals surface area (Å²) in [6, 6.07) is 21.7. The molecule has 0 bridgehead atoms. The topological polar surface area (TPSA) is 96.8 Å². The van der Waals surface area contributed by atoms with Crippen LogP contribution < -0.4 is 4.18 Å². The minimum Gasteiger partial charge on any atom is -0.379 e. The van der Waals surface area contributed by atoms with Crippen LogP contribution in [0.2, 0.25) is 0 Å². The second-order valence-corrected chi connectivity index (χ2v) is 10.7. The van der Waals surface area contributed by atoms with Crippen LogP contribution >= 0.6 is 0 Å². The summed E-state index contributed by atoms with van der Waals surface area (Å²) in [4.78, 5) is 15.3. The Morgan fingerprint density at radius 3 is 2.20 bits per heavy atom. The molecule has 1 aliphatic rings. The van der Waals surface area contributed by atoms with Crippen molar-refractivity contribution in [2.75, 3.05) is 0 Å². The van der Waals surface area contributed by atoms with E-state index in [1.165, 1.54) is 35.9 Å². The van der Waals surface area contributed by atoms with E-state index in [0.29, 0.717) is 5.92 Å². The minimum atomic E-state index is -4.23. The Kier molecular flexibility index (Phi) is 6.57. The Morgan fingerprint density at radius 1 is 0.914 bits per heavy atom. The highest BCUT2D eigenvalue weighted by Gasteiger charge is 2.32. The van der Waals surface area contributed by atoms with Gasteiger partial charge in [0, 0.05) is 22.6 Å². The zero-order valence-electron chi connectivity index (χ0n) is 19.8. The van der Waals surface area contributed by atoms with Crippen LogP contribution in [0.25, 0.3) is 11.6 Å². The Bertz CT molecular complexity index is 1450. The predicted molar refractivity (Wildman–Crippen MR) is 135 cm³/mol. The summed E-state index contributed by atoms with van der Waals surface area (Å²) in [5.74, 6) is 0.0692. The zero-order valence-corrected chi connectivity index (χ0v) is 20.6. The highest BCUT2D eigenvalue weighted by atomic mass is 32.2. The number of nitrogens with zero attached hydrogens (tertiary/aromatic N) is 2. The van der Waals surface area contributed by atoms with Crippen molar-refractivity contribution in [3.05, 3.63) is 107 Å². The first kappa shape index (κ1) is 24.3. The van der Waals surface area contributed by atoms with E-state index in [1.54, 1.807) is 12.1 Å². The molecule has 0 saturated carbocycles. The van der Waals surface area contributed by atoms with Crippen molar-refractivity contribution in [3.63, 3.8) is 0 Å². The van der Waals surface area contributed by atoms with Gasteiger partial charge in [-0.05, 0) is 47.7 Å². The molecule has 0 fully saturated rings. The van der Waals surface area contributed by atoms with Crippen molar-refractivity contribution in [3.8, 4) is 5.75 Å². The van der Waals surface area contributed by atoms with Gasteiger partial charge in [-0.2, -0.15) is 13.2 Å². The largest absolute Gasteiger partial charge is 0.379 e. The molecule has 4 rings (SSSR count). The average Bonchev–Trinajstić information content (AvgIpc) is 2.84. The minimum absolute atomic E-state index is 0.130. The lowest BCUT2D eigenvalue weighted by molar-refractivity contribution is -0.00436. The van der Waals surface area contributed by atoms with E-state index in [-0.39, 0.29) is 32.9 Å². The Hall–Kier alpha value is -3.80. The molecule has 178 valence electrons. The summed E-state index contributed by atoms with van der Waals surface area (Å²) in [6.07, 6.45) is 3.63. The van der Waals surface area contributed by atoms with Gasteiger partial charge in [0.25, 0.3) is 5.78 Å². The lowest BCUT2D eigenvalue weighted by Crippen LogP contribution is -2.25. The monoisotopic (exact) mass is 486 g/mol. The number of hydrogen-bond donors (Lipinski definition) is 0. The summed E-state index contributed by atoms with van der Waals surface area (Å²) < 4.78 is 31.7. The number of rotatable bonds is 7. The van der Waals surface area contributed by atoms with Crippen LogP contribution in [0.1, 0.15) is 54.2 Å². The fourth-order valence-electron chi connectivity index (χ4n) is 4.66. The normalized spacial score (nSPS) is 14.9. The third-order valence-corrected chi connectivity index (χ3v) is 7.56. The number of Topliss-reactive ketones (excluding diaryl/α,β-unsaturated/α-hetero) is 1. The predicted octanol–water partition coefficient (Wildman–Crippen LogP) is 5.69. The first-order valence-electron chi connectivity index (χ1n) is 11.3. The molecule has 1 unspecified atom stereocenters. The van der Waals surface area contributed by atoms with Gasteiger partial charge in [0.2, 0.25) is 0 Å². The summed E-state index contributed by atoms with van der Waals surface area (Å²) in [7, 11) is -4.23. The highest BCUT2D eigenvalue weighted by molar-refractivity contribution is 7.87. The summed E-state index contributed by atoms with van der Waals surface area (Å²) in [6.45, 7) is 6.55. The van der Waals surface area contributed by atoms with Crippen LogP contribution in [-0.2, 0) is 15.5 Å². The van der Waals surface area contributed by atoms with Gasteiger partial charge >= 0.3 is 15.8 Å². The van der Waals surface area contributed by atoms with Crippen LogP contribution in [0.15, 0.2) is 83.8 Å². The van der Waals surface area contributed by atoms with Crippen molar-refractivity contribution >= 4 is 27.7 Å². The number of benzene rings is 3. The second kappa shape index (κ2) is 9.45. The third kappa shape index (κ3) is 4.74. The molecule has 0 heterocycles. The fourth-order valence-corrected chi connectivity index (χ4v) is 5.81. The van der Waals surface area contributed by atoms with Crippen LogP contribution in [-0.4, -0.2) is 24.7 Å². The molecule has 35 heavy (non-hydrogen) atoms. The lowest BCUT2D eigenvalue weighted by atomic mass is 9.71. The maximum Gasteiger partial charge on any atom is 0.362 e. The highest BCUT2D eigenvalue weighted by Crippen LogP contribution is 2.38. The lowest BCUT2D eigenvalue weighted by Gasteiger charge is -2.33. The first-order valence-corrected chi connectivity index (χ1v) is 12.7. The van der Waals surface area contributed by atoms with Gasteiger partial charge in [-0.25, -0.2) is 0 Å². The van der Waals surface area contributed by atoms with E-state index in [1.807, 2.05) is 30.3 Å². The van der Waals surface area contributed by atoms with Crippen LogP contribution in [0.3, 0.4) is 0 Å². The third-order valence-electron chi connectivity index (χ3n) is 6.25. The van der Waals surface area contributed by atoms with Gasteiger partial charge in [0.15, 0.2) is 0 Å². The first-order chi connectivity index (χ1) is 16.7. The molecule has 3 aromatic rings. The SMILES string of the molecule is CC(C)CC(C)(c1ccccc1)c1ccc(OS(=O)(=O)c2cccc3c2C=CC(=[N+]=[N-])C3=O)cc1. The Morgan fingerprint density at radius 2 is 1.57 bits per heavy atom. The van der Waals surface area contributed by atoms with Crippen LogP contribution in [0, 0.1) is 5.92 Å². The molecule has 1 aliphatic carbocycles. The van der Waals surface area contributed by atoms with Crippen molar-refractivity contribution < 1.29 is 22.2 Å². The fraction of sp³-hybridized carbons (Fsp3) is 0.214. The number of fused-ring (bicyclic) bond motifs is 1. The molecule has 0 N–H and O–H groups in total. The zero-order chi connectivity index (χ0) is 25.2. The standard InChI is InChI=1S/C28H26N2O4S/c1-19(2)18-28(3,20-8-5-4-6-9-20)21-12-14-22(15-13-21)34-35(32,33)26-11-7-10-24-23(26)16-17-25(30-29)27(24)31/h4-17,19H,18H2,1-3H3. The number of ketones is 1. The van der Waals surface area contributed by atoms with Gasteiger partial charge in [-0.3, -0.25) is 4.79 Å². The Labute approximate surface area is 205 Å². The number of carbonyl (C=O) groups is 1. The van der Waals surface area contributed by atoms with E-state index in [4.69, 9.17) is 9.71 Å². The molecule has 3 aromatic carbocycles. The summed E-state index contributed by atoms with van der Waals surface area (Å²) in [5.41, 5.74) is 11.2. The van der Waals surface area contributed by atoms with E-state index in [2.05, 4.69) is 37.7 Å². The molecule has 0 radical (unpaired) electrons. The van der Waals surface area contributed by atoms with Gasteiger partial charge in [-0.15, -0.1) is 0 Å². The van der Waals surface area contributed by atoms with E-state index in [0.717, 1.165) is 12.0 Å². The molecule has 6 nitrogen and oxygen atoms in total. The summed E-state index contributed by atoms with van der Waals surface area (Å²) >= 11 is 0. The van der Waals surface area contributed by atoms with Crippen molar-refractivity contribution in [1.82, 2.24) is 0 Å². The Balaban J connectivity index is 1.66. The van der Waals surface area contributed by atoms with Crippen LogP contribution in [0.4, 0.5) is 0 Å². The van der Waals surface area contributed by atoms with Gasteiger partial charge in [-0.1, -0.05) is 75.4 Å². The number of carbonyl (C=O) groups excluding carboxylic acids is 1. The number of allylic oxidation sites excluding steroid dienone is 1. The molecule has 7 heteroatoms. The van der Waals surface area contributed by atoms with Crippen molar-refractivity contribution in [2.45, 2.75) is 37.5 Å². The smallest absolute Gasteiger partial charge is 0.362 e. The maximum atomic E-state index is 13.1. The molecular formula is C28H26N2O4S. The van der Waals surface area contributed by atoms with E-state index >= 15 is 0 Å². The van der Waals surface area contributed by atoms with Crippen molar-refractivity contribution in [1.29, 1.82) is 0 Å². The number of hydrogen-bond acceptors (Lipinski definition) is 4.